The van der Waals surface area contributed by atoms with Crippen LogP contribution in [-0.4, -0.2) is 34.4 Å². The lowest BCUT2D eigenvalue weighted by atomic mass is 10.3. The van der Waals surface area contributed by atoms with Crippen LogP contribution in [0.15, 0.2) is 4.42 Å². The number of carbonyl (C=O) groups is 1. The number of rotatable bonds is 3. The minimum Gasteiger partial charge on any atom is -0.436 e. The quantitative estimate of drug-likeness (QED) is 0.767. The molecule has 6 heteroatoms. The Morgan fingerprint density at radius 2 is 2.20 bits per heavy atom. The Morgan fingerprint density at radius 3 is 2.60 bits per heavy atom. The first-order valence-corrected chi connectivity index (χ1v) is 4.80. The van der Waals surface area contributed by atoms with Gasteiger partial charge in [-0.1, -0.05) is 12.2 Å². The van der Waals surface area contributed by atoms with E-state index in [1.54, 1.807) is 20.9 Å². The van der Waals surface area contributed by atoms with Crippen molar-refractivity contribution in [2.24, 2.45) is 5.73 Å². The van der Waals surface area contributed by atoms with E-state index in [0.29, 0.717) is 11.6 Å². The van der Waals surface area contributed by atoms with E-state index < -0.39 is 0 Å². The molecule has 0 radical (unpaired) electrons. The predicted octanol–water partition coefficient (Wildman–Crippen LogP) is 0.650. The number of thiocarbonyl (C=S) groups is 1. The van der Waals surface area contributed by atoms with Crippen LogP contribution in [0.3, 0.4) is 0 Å². The van der Waals surface area contributed by atoms with Crippen molar-refractivity contribution >= 4 is 23.1 Å². The van der Waals surface area contributed by atoms with E-state index in [1.807, 2.05) is 0 Å². The van der Waals surface area contributed by atoms with Crippen LogP contribution in [-0.2, 0) is 0 Å². The first-order valence-electron chi connectivity index (χ1n) is 4.39. The average Bonchev–Trinajstić information content (AvgIpc) is 2.42. The smallest absolute Gasteiger partial charge is 0.291 e. The Bertz CT molecular complexity index is 400. The van der Waals surface area contributed by atoms with Crippen molar-refractivity contribution in [3.8, 4) is 0 Å². The van der Waals surface area contributed by atoms with E-state index in [-0.39, 0.29) is 23.2 Å². The zero-order chi connectivity index (χ0) is 11.6. The molecule has 82 valence electrons. The standard InChI is InChI=1S/C9H13N3O2S/c1-5-8(14-6(2)11-5)9(13)12(3)4-7(10)15/h4H2,1-3H3,(H2,10,15). The van der Waals surface area contributed by atoms with Gasteiger partial charge >= 0.3 is 0 Å². The molecule has 0 unspecified atom stereocenters. The molecule has 0 saturated heterocycles. The third-order valence-corrected chi connectivity index (χ3v) is 1.97. The maximum Gasteiger partial charge on any atom is 0.291 e. The van der Waals surface area contributed by atoms with Crippen LogP contribution in [0.5, 0.6) is 0 Å². The molecule has 5 nitrogen and oxygen atoms in total. The summed E-state index contributed by atoms with van der Waals surface area (Å²) < 4.78 is 5.19. The van der Waals surface area contributed by atoms with Crippen molar-refractivity contribution in [3.05, 3.63) is 17.3 Å². The van der Waals surface area contributed by atoms with Gasteiger partial charge in [0.25, 0.3) is 5.91 Å². The molecule has 0 aliphatic carbocycles. The lowest BCUT2D eigenvalue weighted by Crippen LogP contribution is -2.34. The Morgan fingerprint density at radius 1 is 1.60 bits per heavy atom. The van der Waals surface area contributed by atoms with E-state index >= 15 is 0 Å². The van der Waals surface area contributed by atoms with Crippen molar-refractivity contribution in [2.75, 3.05) is 13.6 Å². The fourth-order valence-corrected chi connectivity index (χ4v) is 1.40. The molecule has 1 rings (SSSR count). The van der Waals surface area contributed by atoms with Crippen LogP contribution in [0.2, 0.25) is 0 Å². The molecule has 0 atom stereocenters. The van der Waals surface area contributed by atoms with E-state index in [1.165, 1.54) is 4.90 Å². The normalized spacial score (nSPS) is 10.1. The van der Waals surface area contributed by atoms with Gasteiger partial charge in [0.15, 0.2) is 5.89 Å². The van der Waals surface area contributed by atoms with Crippen molar-refractivity contribution in [2.45, 2.75) is 13.8 Å². The largest absolute Gasteiger partial charge is 0.436 e. The minimum absolute atomic E-state index is 0.230. The fourth-order valence-electron chi connectivity index (χ4n) is 1.21. The molecule has 1 aromatic rings. The van der Waals surface area contributed by atoms with Gasteiger partial charge < -0.3 is 15.1 Å². The maximum absolute atomic E-state index is 11.8. The van der Waals surface area contributed by atoms with Crippen LogP contribution in [0.4, 0.5) is 0 Å². The van der Waals surface area contributed by atoms with Crippen LogP contribution in [0.25, 0.3) is 0 Å². The summed E-state index contributed by atoms with van der Waals surface area (Å²) in [4.78, 5) is 17.5. The number of carbonyl (C=O) groups excluding carboxylic acids is 1. The summed E-state index contributed by atoms with van der Waals surface area (Å²) in [5, 5.41) is 0. The Kier molecular flexibility index (Phi) is 3.41. The maximum atomic E-state index is 11.8. The van der Waals surface area contributed by atoms with Crippen LogP contribution < -0.4 is 5.73 Å². The number of likely N-dealkylation sites (N-methyl/N-ethyl adjacent to an activating group) is 1. The van der Waals surface area contributed by atoms with Gasteiger partial charge in [0, 0.05) is 14.0 Å². The first kappa shape index (κ1) is 11.6. The second kappa shape index (κ2) is 4.39. The number of aryl methyl sites for hydroxylation is 2. The van der Waals surface area contributed by atoms with E-state index in [0.717, 1.165) is 0 Å². The number of hydrogen-bond acceptors (Lipinski definition) is 4. The number of nitrogens with zero attached hydrogens (tertiary/aromatic N) is 2. The molecule has 0 aromatic carbocycles. The van der Waals surface area contributed by atoms with E-state index in [9.17, 15) is 4.79 Å². The lowest BCUT2D eigenvalue weighted by molar-refractivity contribution is 0.0781. The summed E-state index contributed by atoms with van der Waals surface area (Å²) in [6, 6.07) is 0. The second-order valence-electron chi connectivity index (χ2n) is 3.27. The monoisotopic (exact) mass is 227 g/mol. The summed E-state index contributed by atoms with van der Waals surface area (Å²) >= 11 is 4.72. The molecule has 1 amide bonds. The fraction of sp³-hybridized carbons (Fsp3) is 0.444. The molecule has 15 heavy (non-hydrogen) atoms. The van der Waals surface area contributed by atoms with Crippen molar-refractivity contribution in [3.63, 3.8) is 0 Å². The SMILES string of the molecule is Cc1nc(C)c(C(=O)N(C)CC(N)=S)o1. The molecule has 0 aliphatic rings. The van der Waals surface area contributed by atoms with E-state index in [4.69, 9.17) is 22.4 Å². The molecule has 0 spiro atoms. The highest BCUT2D eigenvalue weighted by Crippen LogP contribution is 2.11. The van der Waals surface area contributed by atoms with Crippen molar-refractivity contribution in [1.82, 2.24) is 9.88 Å². The topological polar surface area (TPSA) is 72.4 Å². The summed E-state index contributed by atoms with van der Waals surface area (Å²) in [6.07, 6.45) is 0. The number of amides is 1. The molecule has 0 fully saturated rings. The summed E-state index contributed by atoms with van der Waals surface area (Å²) in [5.74, 6) is 0.451. The molecular weight excluding hydrogens is 214 g/mol. The molecule has 1 aromatic heterocycles. The number of aromatic nitrogens is 1. The lowest BCUT2D eigenvalue weighted by Gasteiger charge is -2.14. The van der Waals surface area contributed by atoms with Gasteiger partial charge in [0.2, 0.25) is 5.76 Å². The summed E-state index contributed by atoms with van der Waals surface area (Å²) in [6.45, 7) is 3.64. The van der Waals surface area contributed by atoms with Gasteiger partial charge in [-0.05, 0) is 6.92 Å². The van der Waals surface area contributed by atoms with Crippen LogP contribution in [0, 0.1) is 13.8 Å². The zero-order valence-corrected chi connectivity index (χ0v) is 9.72. The van der Waals surface area contributed by atoms with Gasteiger partial charge in [0.05, 0.1) is 17.2 Å². The highest BCUT2D eigenvalue weighted by Gasteiger charge is 2.19. The Hall–Kier alpha value is -1.43. The zero-order valence-electron chi connectivity index (χ0n) is 8.90. The number of oxazole rings is 1. The van der Waals surface area contributed by atoms with Crippen LogP contribution >= 0.6 is 12.2 Å². The van der Waals surface area contributed by atoms with Gasteiger partial charge in [-0.15, -0.1) is 0 Å². The van der Waals surface area contributed by atoms with Crippen LogP contribution in [0.1, 0.15) is 22.1 Å². The number of hydrogen-bond donors (Lipinski definition) is 1. The van der Waals surface area contributed by atoms with Gasteiger partial charge in [-0.3, -0.25) is 4.79 Å². The minimum atomic E-state index is -0.263. The van der Waals surface area contributed by atoms with Gasteiger partial charge in [0.1, 0.15) is 0 Å². The molecule has 0 saturated carbocycles. The first-order chi connectivity index (χ1) is 6.91. The van der Waals surface area contributed by atoms with E-state index in [2.05, 4.69) is 4.98 Å². The van der Waals surface area contributed by atoms with Gasteiger partial charge in [-0.25, -0.2) is 4.98 Å². The molecule has 0 bridgehead atoms. The Labute approximate surface area is 93.3 Å². The molecule has 1 heterocycles. The molecule has 2 N–H and O–H groups in total. The highest BCUT2D eigenvalue weighted by molar-refractivity contribution is 7.80. The van der Waals surface area contributed by atoms with Crippen molar-refractivity contribution < 1.29 is 9.21 Å². The average molecular weight is 227 g/mol. The van der Waals surface area contributed by atoms with Gasteiger partial charge in [-0.2, -0.15) is 0 Å². The van der Waals surface area contributed by atoms with Crippen molar-refractivity contribution in [1.29, 1.82) is 0 Å². The number of nitrogens with two attached hydrogens (primary N) is 1. The molecular formula is C9H13N3O2S. The summed E-state index contributed by atoms with van der Waals surface area (Å²) in [5.41, 5.74) is 5.92. The highest BCUT2D eigenvalue weighted by atomic mass is 32.1. The summed E-state index contributed by atoms with van der Waals surface area (Å²) in [7, 11) is 1.61. The third-order valence-electron chi connectivity index (χ3n) is 1.84. The molecule has 0 aliphatic heterocycles. The predicted molar refractivity (Wildman–Crippen MR) is 59.7 cm³/mol. The third kappa shape index (κ3) is 2.76. The Balaban J connectivity index is 2.84. The second-order valence-corrected chi connectivity index (χ2v) is 3.80.